The third-order valence-corrected chi connectivity index (χ3v) is 3.27. The van der Waals surface area contributed by atoms with Gasteiger partial charge in [0, 0.05) is 26.8 Å². The van der Waals surface area contributed by atoms with Gasteiger partial charge in [0.1, 0.15) is 0 Å². The largest absolute Gasteiger partial charge is 0.315 e. The molecule has 0 amide bonds. The van der Waals surface area contributed by atoms with Crippen molar-refractivity contribution < 1.29 is 21.1 Å². The van der Waals surface area contributed by atoms with Crippen molar-refractivity contribution in [1.82, 2.24) is 9.55 Å². The molecule has 0 aliphatic heterocycles. The number of hydrogen-bond acceptors (Lipinski definition) is 1. The maximum Gasteiger partial charge on any atom is 0.0883 e. The van der Waals surface area contributed by atoms with Crippen LogP contribution in [0.5, 0.6) is 0 Å². The number of rotatable bonds is 2. The van der Waals surface area contributed by atoms with Crippen LogP contribution < -0.4 is 0 Å². The van der Waals surface area contributed by atoms with Crippen LogP contribution in [-0.2, 0) is 21.1 Å². The quantitative estimate of drug-likeness (QED) is 0.550. The summed E-state index contributed by atoms with van der Waals surface area (Å²) in [6.45, 7) is 4.24. The molecule has 1 aromatic heterocycles. The van der Waals surface area contributed by atoms with Gasteiger partial charge in [-0.2, -0.15) is 0 Å². The maximum atomic E-state index is 4.48. The van der Waals surface area contributed by atoms with E-state index in [1.807, 2.05) is 30.6 Å². The first-order valence-electron chi connectivity index (χ1n) is 6.33. The summed E-state index contributed by atoms with van der Waals surface area (Å²) in [6, 6.07) is 17.4. The summed E-state index contributed by atoms with van der Waals surface area (Å²) >= 11 is 0. The van der Waals surface area contributed by atoms with Gasteiger partial charge in [-0.15, -0.1) is 35.9 Å². The Labute approximate surface area is 133 Å². The fraction of sp³-hybridized carbons (Fsp3) is 0.118. The summed E-state index contributed by atoms with van der Waals surface area (Å²) in [5.74, 6) is 0. The SMILES string of the molecule is Cc1cccc(C)c1-n1cnc(-c2[c-]cccc2)c1.[Pt]. The molecule has 3 aromatic rings. The van der Waals surface area contributed by atoms with Crippen molar-refractivity contribution in [3.05, 3.63) is 72.2 Å². The van der Waals surface area contributed by atoms with Crippen molar-refractivity contribution in [2.75, 3.05) is 0 Å². The van der Waals surface area contributed by atoms with Crippen LogP contribution in [0.15, 0.2) is 55.0 Å². The van der Waals surface area contributed by atoms with E-state index in [-0.39, 0.29) is 21.1 Å². The molecule has 104 valence electrons. The molecule has 3 rings (SSSR count). The minimum Gasteiger partial charge on any atom is -0.315 e. The molecule has 0 spiro atoms. The van der Waals surface area contributed by atoms with Gasteiger partial charge >= 0.3 is 0 Å². The zero-order valence-corrected chi connectivity index (χ0v) is 13.7. The van der Waals surface area contributed by atoms with Gasteiger partial charge in [-0.25, -0.2) is 0 Å². The maximum absolute atomic E-state index is 4.48. The van der Waals surface area contributed by atoms with Crippen LogP contribution in [0.1, 0.15) is 11.1 Å². The van der Waals surface area contributed by atoms with Gasteiger partial charge in [-0.1, -0.05) is 18.2 Å². The fourth-order valence-corrected chi connectivity index (χ4v) is 2.35. The van der Waals surface area contributed by atoms with Gasteiger partial charge in [0.05, 0.1) is 12.0 Å². The second-order valence-electron chi connectivity index (χ2n) is 4.68. The zero-order valence-electron chi connectivity index (χ0n) is 11.4. The Bertz CT molecular complexity index is 682. The molecule has 0 saturated heterocycles. The average molecular weight is 442 g/mol. The molecule has 0 bridgehead atoms. The van der Waals surface area contributed by atoms with Crippen molar-refractivity contribution in [3.63, 3.8) is 0 Å². The standard InChI is InChI=1S/C17H15N2.Pt/c1-13-7-6-8-14(2)17(13)19-11-16(18-12-19)15-9-4-3-5-10-15;/h3-9,11-12H,1-2H3;/q-1;. The van der Waals surface area contributed by atoms with Crippen molar-refractivity contribution in [2.24, 2.45) is 0 Å². The van der Waals surface area contributed by atoms with Gasteiger partial charge in [-0.05, 0) is 31.2 Å². The number of aryl methyl sites for hydroxylation is 2. The number of para-hydroxylation sites is 1. The third-order valence-electron chi connectivity index (χ3n) is 3.27. The molecule has 2 nitrogen and oxygen atoms in total. The monoisotopic (exact) mass is 442 g/mol. The number of hydrogen-bond donors (Lipinski definition) is 0. The molecule has 0 aliphatic carbocycles. The van der Waals surface area contributed by atoms with Crippen LogP contribution in [0.25, 0.3) is 16.9 Å². The number of aromatic nitrogens is 2. The van der Waals surface area contributed by atoms with Gasteiger partial charge in [-0.3, -0.25) is 4.98 Å². The van der Waals surface area contributed by atoms with Gasteiger partial charge in [0.25, 0.3) is 0 Å². The van der Waals surface area contributed by atoms with Gasteiger partial charge in [0.15, 0.2) is 0 Å². The molecular weight excluding hydrogens is 427 g/mol. The molecule has 0 saturated carbocycles. The average Bonchev–Trinajstić information content (AvgIpc) is 2.89. The van der Waals surface area contributed by atoms with Crippen LogP contribution in [0.2, 0.25) is 0 Å². The van der Waals surface area contributed by atoms with Crippen molar-refractivity contribution in [2.45, 2.75) is 13.8 Å². The van der Waals surface area contributed by atoms with E-state index in [1.165, 1.54) is 16.8 Å². The van der Waals surface area contributed by atoms with Crippen molar-refractivity contribution >= 4 is 0 Å². The normalized spacial score (nSPS) is 10.1. The number of nitrogens with zero attached hydrogens (tertiary/aromatic N) is 2. The van der Waals surface area contributed by atoms with E-state index in [0.29, 0.717) is 0 Å². The number of benzene rings is 2. The molecule has 0 N–H and O–H groups in total. The van der Waals surface area contributed by atoms with E-state index in [9.17, 15) is 0 Å². The second-order valence-corrected chi connectivity index (χ2v) is 4.68. The molecular formula is C17H15N2Pt-. The Morgan fingerprint density at radius 1 is 1.00 bits per heavy atom. The minimum absolute atomic E-state index is 0. The molecule has 0 atom stereocenters. The molecule has 0 aliphatic rings. The summed E-state index contributed by atoms with van der Waals surface area (Å²) in [5.41, 5.74) is 5.68. The van der Waals surface area contributed by atoms with Crippen LogP contribution in [0.3, 0.4) is 0 Å². The second kappa shape index (κ2) is 6.19. The van der Waals surface area contributed by atoms with E-state index in [4.69, 9.17) is 0 Å². The molecule has 0 radical (unpaired) electrons. The Balaban J connectivity index is 0.00000147. The predicted octanol–water partition coefficient (Wildman–Crippen LogP) is 3.95. The molecule has 20 heavy (non-hydrogen) atoms. The summed E-state index contributed by atoms with van der Waals surface area (Å²) in [6.07, 6.45) is 3.92. The zero-order chi connectivity index (χ0) is 13.2. The van der Waals surface area contributed by atoms with Crippen LogP contribution in [-0.4, -0.2) is 9.55 Å². The van der Waals surface area contributed by atoms with E-state index >= 15 is 0 Å². The first-order valence-corrected chi connectivity index (χ1v) is 6.33. The van der Waals surface area contributed by atoms with E-state index in [1.54, 1.807) is 0 Å². The summed E-state index contributed by atoms with van der Waals surface area (Å²) in [7, 11) is 0. The fourth-order valence-electron chi connectivity index (χ4n) is 2.35. The van der Waals surface area contributed by atoms with Crippen LogP contribution >= 0.6 is 0 Å². The Morgan fingerprint density at radius 2 is 1.75 bits per heavy atom. The summed E-state index contributed by atoms with van der Waals surface area (Å²) < 4.78 is 2.08. The van der Waals surface area contributed by atoms with Crippen LogP contribution in [0.4, 0.5) is 0 Å². The first kappa shape index (κ1) is 14.7. The van der Waals surface area contributed by atoms with Crippen molar-refractivity contribution in [3.8, 4) is 16.9 Å². The molecule has 1 heterocycles. The van der Waals surface area contributed by atoms with Gasteiger partial charge < -0.3 is 4.57 Å². The summed E-state index contributed by atoms with van der Waals surface area (Å²) in [4.78, 5) is 4.48. The van der Waals surface area contributed by atoms with E-state index < -0.39 is 0 Å². The number of imidazole rings is 1. The van der Waals surface area contributed by atoms with Crippen LogP contribution in [0, 0.1) is 19.9 Å². The predicted molar refractivity (Wildman–Crippen MR) is 77.3 cm³/mol. The molecule has 0 fully saturated rings. The molecule has 0 unspecified atom stereocenters. The Hall–Kier alpha value is -1.66. The topological polar surface area (TPSA) is 17.8 Å². The Kier molecular flexibility index (Phi) is 4.56. The smallest absolute Gasteiger partial charge is 0.0883 e. The third kappa shape index (κ3) is 2.76. The van der Waals surface area contributed by atoms with E-state index in [0.717, 1.165) is 11.3 Å². The van der Waals surface area contributed by atoms with Crippen molar-refractivity contribution in [1.29, 1.82) is 0 Å². The minimum atomic E-state index is 0. The molecule has 3 heteroatoms. The van der Waals surface area contributed by atoms with Gasteiger partial charge in [0.2, 0.25) is 0 Å². The molecule has 2 aromatic carbocycles. The first-order chi connectivity index (χ1) is 9.25. The van der Waals surface area contributed by atoms with E-state index in [2.05, 4.69) is 53.9 Å². The summed E-state index contributed by atoms with van der Waals surface area (Å²) in [5, 5.41) is 0. The Morgan fingerprint density at radius 3 is 2.40 bits per heavy atom.